The van der Waals surface area contributed by atoms with Gasteiger partial charge in [-0.25, -0.2) is 4.39 Å². The van der Waals surface area contributed by atoms with E-state index < -0.39 is 36.4 Å². The molecule has 0 aromatic heterocycles. The predicted octanol–water partition coefficient (Wildman–Crippen LogP) is 9.41. The van der Waals surface area contributed by atoms with Gasteiger partial charge in [-0.15, -0.1) is 0 Å². The lowest BCUT2D eigenvalue weighted by Gasteiger charge is -2.30. The van der Waals surface area contributed by atoms with E-state index in [1.54, 1.807) is 24.3 Å². The Morgan fingerprint density at radius 2 is 1.43 bits per heavy atom. The molecule has 0 spiro atoms. The number of aliphatic hydroxyl groups is 1. The lowest BCUT2D eigenvalue weighted by atomic mass is 9.99. The molecule has 0 amide bonds. The van der Waals surface area contributed by atoms with E-state index in [2.05, 4.69) is 0 Å². The fraction of sp³-hybridized carbons (Fsp3) is 0.250. The highest BCUT2D eigenvalue weighted by Crippen LogP contribution is 2.37. The Bertz CT molecular complexity index is 1520. The zero-order valence-electron chi connectivity index (χ0n) is 22.7. The van der Waals surface area contributed by atoms with Crippen LogP contribution in [-0.4, -0.2) is 23.9 Å². The van der Waals surface area contributed by atoms with Crippen molar-refractivity contribution in [3.63, 3.8) is 0 Å². The predicted molar refractivity (Wildman–Crippen MR) is 147 cm³/mol. The Hall–Kier alpha value is -4.05. The second-order valence-corrected chi connectivity index (χ2v) is 10.1. The Labute approximate surface area is 238 Å². The van der Waals surface area contributed by atoms with Crippen molar-refractivity contribution in [3.8, 4) is 11.5 Å². The first kappa shape index (κ1) is 30.9. The molecule has 4 rings (SSSR count). The highest BCUT2D eigenvalue weighted by atomic mass is 19.4. The topological polar surface area (TPSA) is 32.7 Å². The first-order valence-electron chi connectivity index (χ1n) is 13.1. The minimum atomic E-state index is -4.95. The van der Waals surface area contributed by atoms with Gasteiger partial charge < -0.3 is 14.7 Å². The highest BCUT2D eigenvalue weighted by molar-refractivity contribution is 5.68. The van der Waals surface area contributed by atoms with Crippen molar-refractivity contribution in [3.05, 3.63) is 119 Å². The van der Waals surface area contributed by atoms with Crippen LogP contribution >= 0.6 is 0 Å². The van der Waals surface area contributed by atoms with E-state index in [9.17, 15) is 35.8 Å². The highest BCUT2D eigenvalue weighted by Gasteiger charge is 2.40. The first-order chi connectivity index (χ1) is 19.7. The van der Waals surface area contributed by atoms with Crippen LogP contribution in [0, 0.1) is 5.82 Å². The monoisotopic (exact) mass is 591 g/mol. The third kappa shape index (κ3) is 7.61. The zero-order chi connectivity index (χ0) is 30.7. The van der Waals surface area contributed by atoms with Crippen LogP contribution < -0.4 is 9.64 Å². The van der Waals surface area contributed by atoms with Crippen molar-refractivity contribution in [2.75, 3.05) is 11.4 Å². The van der Waals surface area contributed by atoms with Crippen molar-refractivity contribution >= 4 is 11.4 Å². The number of aliphatic hydroxyl groups excluding tert-OH is 1. The summed E-state index contributed by atoms with van der Waals surface area (Å²) in [5.41, 5.74) is 0.308. The molecule has 0 radical (unpaired) electrons. The van der Waals surface area contributed by atoms with Gasteiger partial charge in [0.1, 0.15) is 17.3 Å². The summed E-state index contributed by atoms with van der Waals surface area (Å²) < 4.78 is 101. The Balaban J connectivity index is 1.75. The molecular weight excluding hydrogens is 563 g/mol. The summed E-state index contributed by atoms with van der Waals surface area (Å²) in [5.74, 6) is 0.165. The molecule has 4 aromatic rings. The minimum absolute atomic E-state index is 0.150. The molecule has 222 valence electrons. The molecule has 4 aromatic carbocycles. The Morgan fingerprint density at radius 1 is 0.762 bits per heavy atom. The molecule has 0 aliphatic heterocycles. The number of alkyl halides is 6. The van der Waals surface area contributed by atoms with Crippen LogP contribution in [0.2, 0.25) is 0 Å². The maximum absolute atomic E-state index is 14.6. The van der Waals surface area contributed by atoms with E-state index >= 15 is 0 Å². The molecule has 0 saturated carbocycles. The number of hydrogen-bond donors (Lipinski definition) is 1. The van der Waals surface area contributed by atoms with Crippen molar-refractivity contribution in [1.82, 2.24) is 0 Å². The number of nitrogens with zero attached hydrogens (tertiary/aromatic N) is 1. The Kier molecular flexibility index (Phi) is 9.15. The molecule has 1 N–H and O–H groups in total. The van der Waals surface area contributed by atoms with E-state index in [0.29, 0.717) is 29.7 Å². The van der Waals surface area contributed by atoms with E-state index in [4.69, 9.17) is 4.74 Å². The van der Waals surface area contributed by atoms with E-state index in [1.165, 1.54) is 35.2 Å². The average Bonchev–Trinajstić information content (AvgIpc) is 2.92. The van der Waals surface area contributed by atoms with Crippen molar-refractivity contribution in [1.29, 1.82) is 0 Å². The van der Waals surface area contributed by atoms with Crippen molar-refractivity contribution in [2.24, 2.45) is 0 Å². The summed E-state index contributed by atoms with van der Waals surface area (Å²) in [6, 6.07) is 21.6. The second-order valence-electron chi connectivity index (χ2n) is 10.1. The maximum atomic E-state index is 14.6. The standard InChI is InChI=1S/C32H28F7NO2/c1-20(2)21-8-5-10-26(17-21)42-27-11-6-9-25(18-27)40(19-30(41)32(37,38)39)29-12-4-3-7-22(29)15-23-16-24(31(34,35)36)13-14-28(23)33/h3-14,16-18,20,30,41H,15,19H2,1-2H3/t30-/m1/s1. The molecule has 1 atom stereocenters. The number of rotatable bonds is 9. The van der Waals surface area contributed by atoms with E-state index in [-0.39, 0.29) is 34.8 Å². The summed E-state index contributed by atoms with van der Waals surface area (Å²) in [6.07, 6.45) is -12.8. The van der Waals surface area contributed by atoms with Gasteiger partial charge in [-0.3, -0.25) is 0 Å². The minimum Gasteiger partial charge on any atom is -0.457 e. The molecule has 0 heterocycles. The summed E-state index contributed by atoms with van der Waals surface area (Å²) in [4.78, 5) is 1.19. The second kappa shape index (κ2) is 12.4. The largest absolute Gasteiger partial charge is 0.457 e. The van der Waals surface area contributed by atoms with Gasteiger partial charge in [-0.1, -0.05) is 50.2 Å². The van der Waals surface area contributed by atoms with Crippen LogP contribution in [0.4, 0.5) is 42.1 Å². The lowest BCUT2D eigenvalue weighted by Crippen LogP contribution is -2.39. The van der Waals surface area contributed by atoms with E-state index in [1.807, 2.05) is 32.0 Å². The number of halogens is 7. The SMILES string of the molecule is CC(C)c1cccc(Oc2cccc(N(C[C@@H](O)C(F)(F)F)c3ccccc3Cc3cc(C(F)(F)F)ccc3F)c2)c1. The van der Waals surface area contributed by atoms with Crippen molar-refractivity contribution in [2.45, 2.75) is 44.6 Å². The number of para-hydroxylation sites is 1. The van der Waals surface area contributed by atoms with Crippen LogP contribution in [0.3, 0.4) is 0 Å². The van der Waals surface area contributed by atoms with Crippen LogP contribution in [0.5, 0.6) is 11.5 Å². The Morgan fingerprint density at radius 3 is 2.10 bits per heavy atom. The number of ether oxygens (including phenoxy) is 1. The van der Waals surface area contributed by atoms with Gasteiger partial charge in [0.05, 0.1) is 12.1 Å². The molecule has 0 aliphatic rings. The quantitative estimate of drug-likeness (QED) is 0.197. The van der Waals surface area contributed by atoms with Crippen molar-refractivity contribution < 1.29 is 40.6 Å². The maximum Gasteiger partial charge on any atom is 0.416 e. The van der Waals surface area contributed by atoms with E-state index in [0.717, 1.165) is 5.56 Å². The zero-order valence-corrected chi connectivity index (χ0v) is 22.7. The lowest BCUT2D eigenvalue weighted by molar-refractivity contribution is -0.199. The molecular formula is C32H28F7NO2. The molecule has 0 fully saturated rings. The average molecular weight is 592 g/mol. The number of anilines is 2. The van der Waals surface area contributed by atoms with Gasteiger partial charge >= 0.3 is 12.4 Å². The van der Waals surface area contributed by atoms with Gasteiger partial charge in [0.25, 0.3) is 0 Å². The number of hydrogen-bond acceptors (Lipinski definition) is 3. The molecule has 0 aliphatic carbocycles. The molecule has 3 nitrogen and oxygen atoms in total. The van der Waals surface area contributed by atoms with Gasteiger partial charge in [0.15, 0.2) is 6.10 Å². The summed E-state index contributed by atoms with van der Waals surface area (Å²) >= 11 is 0. The molecule has 10 heteroatoms. The van der Waals surface area contributed by atoms with Crippen LogP contribution in [0.25, 0.3) is 0 Å². The molecule has 42 heavy (non-hydrogen) atoms. The third-order valence-electron chi connectivity index (χ3n) is 6.66. The first-order valence-corrected chi connectivity index (χ1v) is 13.1. The summed E-state index contributed by atoms with van der Waals surface area (Å²) in [7, 11) is 0. The van der Waals surface area contributed by atoms with Gasteiger partial charge in [-0.05, 0) is 71.1 Å². The smallest absolute Gasteiger partial charge is 0.416 e. The fourth-order valence-electron chi connectivity index (χ4n) is 4.42. The number of benzene rings is 4. The van der Waals surface area contributed by atoms with Crippen LogP contribution in [0.1, 0.15) is 42.0 Å². The summed E-state index contributed by atoms with van der Waals surface area (Å²) in [5, 5.41) is 10.0. The molecule has 0 bridgehead atoms. The summed E-state index contributed by atoms with van der Waals surface area (Å²) in [6.45, 7) is 3.11. The third-order valence-corrected chi connectivity index (χ3v) is 6.66. The van der Waals surface area contributed by atoms with Gasteiger partial charge in [0.2, 0.25) is 0 Å². The normalized spacial score (nSPS) is 12.8. The van der Waals surface area contributed by atoms with Crippen LogP contribution in [0.15, 0.2) is 91.0 Å². The molecule has 0 saturated heterocycles. The van der Waals surface area contributed by atoms with Gasteiger partial charge in [0, 0.05) is 23.9 Å². The molecule has 0 unspecified atom stereocenters. The van der Waals surface area contributed by atoms with Gasteiger partial charge in [-0.2, -0.15) is 26.3 Å². The fourth-order valence-corrected chi connectivity index (χ4v) is 4.42. The van der Waals surface area contributed by atoms with Crippen LogP contribution in [-0.2, 0) is 12.6 Å².